The summed E-state index contributed by atoms with van der Waals surface area (Å²) >= 11 is 5.70. The van der Waals surface area contributed by atoms with Crippen LogP contribution in [-0.4, -0.2) is 6.54 Å². The van der Waals surface area contributed by atoms with Crippen molar-refractivity contribution < 1.29 is 13.5 Å². The van der Waals surface area contributed by atoms with Crippen LogP contribution in [0.3, 0.4) is 0 Å². The third-order valence-corrected chi connectivity index (χ3v) is 3.30. The maximum absolute atomic E-state index is 13.4. The smallest absolute Gasteiger partial charge is 0.146 e. The number of hydrogen-bond acceptors (Lipinski definition) is 2. The van der Waals surface area contributed by atoms with Crippen LogP contribution in [0.15, 0.2) is 36.4 Å². The average molecular weight is 282 g/mol. The van der Waals surface area contributed by atoms with Gasteiger partial charge in [0.2, 0.25) is 0 Å². The van der Waals surface area contributed by atoms with Crippen molar-refractivity contribution in [1.82, 2.24) is 0 Å². The van der Waals surface area contributed by atoms with Gasteiger partial charge in [0.05, 0.1) is 17.3 Å². The van der Waals surface area contributed by atoms with Crippen molar-refractivity contribution in [3.05, 3.63) is 58.6 Å². The number of hydrogen-bond donors (Lipinski definition) is 1. The molecule has 2 aromatic carbocycles. The Morgan fingerprint density at radius 2 is 1.89 bits per heavy atom. The van der Waals surface area contributed by atoms with Gasteiger partial charge in [-0.3, -0.25) is 0 Å². The van der Waals surface area contributed by atoms with E-state index in [9.17, 15) is 8.78 Å². The van der Waals surface area contributed by atoms with Crippen molar-refractivity contribution in [1.29, 1.82) is 0 Å². The number of benzene rings is 2. The van der Waals surface area contributed by atoms with Gasteiger partial charge in [0.15, 0.2) is 0 Å². The van der Waals surface area contributed by atoms with E-state index < -0.39 is 5.82 Å². The highest BCUT2D eigenvalue weighted by molar-refractivity contribution is 6.31. The number of anilines is 1. The molecule has 2 nitrogen and oxygen atoms in total. The van der Waals surface area contributed by atoms with Crippen LogP contribution in [0.2, 0.25) is 5.02 Å². The molecular formula is C14H10ClF2NO. The van der Waals surface area contributed by atoms with Crippen LogP contribution in [0.4, 0.5) is 14.5 Å². The molecule has 19 heavy (non-hydrogen) atoms. The molecule has 0 aliphatic carbocycles. The SMILES string of the molecule is Fc1ccc(C2CNc3cc(Cl)c(F)cc3O2)cc1. The molecule has 1 unspecified atom stereocenters. The van der Waals surface area contributed by atoms with Gasteiger partial charge < -0.3 is 10.1 Å². The molecule has 1 heterocycles. The molecule has 3 rings (SSSR count). The quantitative estimate of drug-likeness (QED) is 0.847. The third kappa shape index (κ3) is 2.36. The Hall–Kier alpha value is -1.81. The molecule has 0 spiro atoms. The highest BCUT2D eigenvalue weighted by Crippen LogP contribution is 2.37. The summed E-state index contributed by atoms with van der Waals surface area (Å²) in [4.78, 5) is 0. The summed E-state index contributed by atoms with van der Waals surface area (Å²) in [5, 5.41) is 3.17. The largest absolute Gasteiger partial charge is 0.482 e. The lowest BCUT2D eigenvalue weighted by Crippen LogP contribution is -2.23. The van der Waals surface area contributed by atoms with Gasteiger partial charge >= 0.3 is 0 Å². The van der Waals surface area contributed by atoms with Crippen LogP contribution >= 0.6 is 11.6 Å². The van der Waals surface area contributed by atoms with Gasteiger partial charge in [-0.2, -0.15) is 0 Å². The topological polar surface area (TPSA) is 21.3 Å². The van der Waals surface area contributed by atoms with Crippen LogP contribution in [0.5, 0.6) is 5.75 Å². The Morgan fingerprint density at radius 1 is 1.16 bits per heavy atom. The number of ether oxygens (including phenoxy) is 1. The molecule has 1 aliphatic rings. The Labute approximate surface area is 114 Å². The predicted octanol–water partition coefficient (Wildman–Crippen LogP) is 4.16. The van der Waals surface area contributed by atoms with E-state index in [1.165, 1.54) is 24.3 Å². The molecule has 5 heteroatoms. The Bertz CT molecular complexity index is 616. The molecule has 0 amide bonds. The standard InChI is InChI=1S/C14H10ClF2NO/c15-10-5-12-13(6-11(10)17)19-14(7-18-12)8-1-3-9(16)4-2-8/h1-6,14,18H,7H2. The molecule has 0 radical (unpaired) electrons. The summed E-state index contributed by atoms with van der Waals surface area (Å²) in [7, 11) is 0. The zero-order valence-electron chi connectivity index (χ0n) is 9.79. The van der Waals surface area contributed by atoms with Crippen molar-refractivity contribution in [3.8, 4) is 5.75 Å². The number of halogens is 3. The maximum Gasteiger partial charge on any atom is 0.146 e. The number of fused-ring (bicyclic) bond motifs is 1. The van der Waals surface area contributed by atoms with Crippen molar-refractivity contribution in [3.63, 3.8) is 0 Å². The third-order valence-electron chi connectivity index (χ3n) is 3.01. The molecule has 0 aromatic heterocycles. The summed E-state index contributed by atoms with van der Waals surface area (Å²) in [6, 6.07) is 8.79. The van der Waals surface area contributed by atoms with Crippen LogP contribution < -0.4 is 10.1 Å². The zero-order chi connectivity index (χ0) is 13.4. The van der Waals surface area contributed by atoms with Gasteiger partial charge in [-0.15, -0.1) is 0 Å². The van der Waals surface area contributed by atoms with Crippen molar-refractivity contribution in [2.75, 3.05) is 11.9 Å². The number of nitrogens with one attached hydrogen (secondary N) is 1. The van der Waals surface area contributed by atoms with E-state index in [0.29, 0.717) is 18.0 Å². The van der Waals surface area contributed by atoms with E-state index in [4.69, 9.17) is 16.3 Å². The summed E-state index contributed by atoms with van der Waals surface area (Å²) in [5.74, 6) is -0.421. The van der Waals surface area contributed by atoms with Gasteiger partial charge in [-0.25, -0.2) is 8.78 Å². The first-order valence-corrected chi connectivity index (χ1v) is 6.16. The fourth-order valence-corrected chi connectivity index (χ4v) is 2.19. The Balaban J connectivity index is 1.89. The van der Waals surface area contributed by atoms with E-state index in [-0.39, 0.29) is 16.9 Å². The zero-order valence-corrected chi connectivity index (χ0v) is 10.5. The first-order chi connectivity index (χ1) is 9.13. The van der Waals surface area contributed by atoms with Crippen molar-refractivity contribution in [2.45, 2.75) is 6.10 Å². The van der Waals surface area contributed by atoms with Gasteiger partial charge in [0, 0.05) is 6.07 Å². The van der Waals surface area contributed by atoms with E-state index in [1.54, 1.807) is 12.1 Å². The minimum Gasteiger partial charge on any atom is -0.482 e. The van der Waals surface area contributed by atoms with Gasteiger partial charge in [0.1, 0.15) is 23.5 Å². The minimum atomic E-state index is -0.526. The first-order valence-electron chi connectivity index (χ1n) is 5.78. The summed E-state index contributed by atoms with van der Waals surface area (Å²) in [6.07, 6.45) is -0.284. The lowest BCUT2D eigenvalue weighted by molar-refractivity contribution is 0.209. The fourth-order valence-electron chi connectivity index (χ4n) is 2.03. The second-order valence-corrected chi connectivity index (χ2v) is 4.71. The van der Waals surface area contributed by atoms with Gasteiger partial charge in [-0.1, -0.05) is 23.7 Å². The molecule has 1 atom stereocenters. The Kier molecular flexibility index (Phi) is 3.03. The lowest BCUT2D eigenvalue weighted by Gasteiger charge is -2.27. The molecular weight excluding hydrogens is 272 g/mol. The Morgan fingerprint density at radius 3 is 2.63 bits per heavy atom. The molecule has 0 bridgehead atoms. The van der Waals surface area contributed by atoms with Crippen molar-refractivity contribution in [2.24, 2.45) is 0 Å². The van der Waals surface area contributed by atoms with Gasteiger partial charge in [-0.05, 0) is 23.8 Å². The lowest BCUT2D eigenvalue weighted by atomic mass is 10.1. The van der Waals surface area contributed by atoms with Crippen LogP contribution in [0, 0.1) is 11.6 Å². The molecule has 1 aliphatic heterocycles. The van der Waals surface area contributed by atoms with Crippen LogP contribution in [0.1, 0.15) is 11.7 Å². The minimum absolute atomic E-state index is 0.0510. The molecule has 2 aromatic rings. The normalized spacial score (nSPS) is 17.3. The second kappa shape index (κ2) is 4.70. The summed E-state index contributed by atoms with van der Waals surface area (Å²) in [6.45, 7) is 0.514. The fraction of sp³-hybridized carbons (Fsp3) is 0.143. The first kappa shape index (κ1) is 12.2. The van der Waals surface area contributed by atoms with E-state index in [2.05, 4.69) is 5.32 Å². The summed E-state index contributed by atoms with van der Waals surface area (Å²) < 4.78 is 32.0. The highest BCUT2D eigenvalue weighted by Gasteiger charge is 2.22. The molecule has 1 N–H and O–H groups in total. The second-order valence-electron chi connectivity index (χ2n) is 4.30. The molecule has 98 valence electrons. The molecule has 0 saturated carbocycles. The van der Waals surface area contributed by atoms with Gasteiger partial charge in [0.25, 0.3) is 0 Å². The summed E-state index contributed by atoms with van der Waals surface area (Å²) in [5.41, 5.74) is 1.49. The van der Waals surface area contributed by atoms with Crippen LogP contribution in [-0.2, 0) is 0 Å². The van der Waals surface area contributed by atoms with E-state index >= 15 is 0 Å². The predicted molar refractivity (Wildman–Crippen MR) is 69.7 cm³/mol. The monoisotopic (exact) mass is 281 g/mol. The maximum atomic E-state index is 13.4. The van der Waals surface area contributed by atoms with E-state index in [1.807, 2.05) is 0 Å². The molecule has 0 saturated heterocycles. The molecule has 0 fully saturated rings. The van der Waals surface area contributed by atoms with E-state index in [0.717, 1.165) is 5.56 Å². The highest BCUT2D eigenvalue weighted by atomic mass is 35.5. The van der Waals surface area contributed by atoms with Crippen molar-refractivity contribution >= 4 is 17.3 Å². The number of rotatable bonds is 1. The van der Waals surface area contributed by atoms with Crippen LogP contribution in [0.25, 0.3) is 0 Å². The average Bonchev–Trinajstić information content (AvgIpc) is 2.40.